The van der Waals surface area contributed by atoms with Gasteiger partial charge >= 0.3 is 0 Å². The number of aryl methyl sites for hydroxylation is 1. The molecule has 1 fully saturated rings. The van der Waals surface area contributed by atoms with Gasteiger partial charge in [0.15, 0.2) is 0 Å². The molecule has 126 valence electrons. The van der Waals surface area contributed by atoms with Crippen LogP contribution in [-0.2, 0) is 11.2 Å². The largest absolute Gasteiger partial charge is 0.325 e. The molecule has 24 heavy (non-hydrogen) atoms. The molecular weight excluding hydrogens is 298 g/mol. The number of nitrogens with zero attached hydrogens (tertiary/aromatic N) is 2. The van der Waals surface area contributed by atoms with E-state index in [0.717, 1.165) is 38.0 Å². The highest BCUT2D eigenvalue weighted by Gasteiger charge is 2.22. The second-order valence-electron chi connectivity index (χ2n) is 6.41. The Morgan fingerprint density at radius 2 is 2.04 bits per heavy atom. The lowest BCUT2D eigenvalue weighted by atomic mass is 9.93. The molecule has 0 aliphatic carbocycles. The maximum Gasteiger partial charge on any atom is 0.238 e. The molecule has 1 N–H and O–H groups in total. The molecule has 1 aromatic heterocycles. The summed E-state index contributed by atoms with van der Waals surface area (Å²) in [6.45, 7) is 4.48. The van der Waals surface area contributed by atoms with E-state index in [1.54, 1.807) is 0 Å². The summed E-state index contributed by atoms with van der Waals surface area (Å²) >= 11 is 0. The van der Waals surface area contributed by atoms with Crippen molar-refractivity contribution in [2.75, 3.05) is 25.0 Å². The van der Waals surface area contributed by atoms with Gasteiger partial charge in [-0.3, -0.25) is 14.7 Å². The van der Waals surface area contributed by atoms with Gasteiger partial charge in [-0.15, -0.1) is 0 Å². The molecule has 1 aliphatic rings. The highest BCUT2D eigenvalue weighted by molar-refractivity contribution is 5.92. The van der Waals surface area contributed by atoms with Crippen LogP contribution in [0.2, 0.25) is 0 Å². The van der Waals surface area contributed by atoms with Gasteiger partial charge in [0, 0.05) is 23.5 Å². The topological polar surface area (TPSA) is 45.2 Å². The van der Waals surface area contributed by atoms with Crippen molar-refractivity contribution in [1.82, 2.24) is 9.88 Å². The molecular formula is C20H25N3O. The lowest BCUT2D eigenvalue weighted by Gasteiger charge is -2.31. The molecule has 0 saturated carbocycles. The number of likely N-dealkylation sites (tertiary alicyclic amines) is 1. The number of pyridine rings is 1. The Morgan fingerprint density at radius 1 is 1.21 bits per heavy atom. The Labute approximate surface area is 143 Å². The summed E-state index contributed by atoms with van der Waals surface area (Å²) in [6.07, 6.45) is 4.97. The van der Waals surface area contributed by atoms with Crippen molar-refractivity contribution >= 4 is 11.6 Å². The van der Waals surface area contributed by atoms with Crippen LogP contribution in [0.5, 0.6) is 0 Å². The third kappa shape index (κ3) is 4.42. The van der Waals surface area contributed by atoms with Crippen molar-refractivity contribution in [3.63, 3.8) is 0 Å². The van der Waals surface area contributed by atoms with E-state index in [9.17, 15) is 4.79 Å². The van der Waals surface area contributed by atoms with Crippen LogP contribution in [0.25, 0.3) is 0 Å². The molecule has 2 heterocycles. The van der Waals surface area contributed by atoms with Crippen LogP contribution in [0.3, 0.4) is 0 Å². The minimum Gasteiger partial charge on any atom is -0.325 e. The molecule has 1 aromatic carbocycles. The van der Waals surface area contributed by atoms with Crippen molar-refractivity contribution in [3.8, 4) is 0 Å². The summed E-state index contributed by atoms with van der Waals surface area (Å²) < 4.78 is 0. The van der Waals surface area contributed by atoms with Crippen molar-refractivity contribution in [3.05, 3.63) is 59.9 Å². The first kappa shape index (κ1) is 16.7. The van der Waals surface area contributed by atoms with Gasteiger partial charge in [-0.05, 0) is 62.2 Å². The Bertz CT molecular complexity index is 664. The molecule has 3 rings (SSSR count). The van der Waals surface area contributed by atoms with Crippen molar-refractivity contribution < 1.29 is 4.79 Å². The quantitative estimate of drug-likeness (QED) is 0.916. The highest BCUT2D eigenvalue weighted by Crippen LogP contribution is 2.26. The van der Waals surface area contributed by atoms with Gasteiger partial charge in [0.05, 0.1) is 6.54 Å². The average molecular weight is 323 g/mol. The van der Waals surface area contributed by atoms with Gasteiger partial charge in [0.2, 0.25) is 5.91 Å². The fourth-order valence-corrected chi connectivity index (χ4v) is 3.28. The summed E-state index contributed by atoms with van der Waals surface area (Å²) in [7, 11) is 0. The van der Waals surface area contributed by atoms with Crippen LogP contribution in [0, 0.1) is 0 Å². The number of aromatic nitrogens is 1. The van der Waals surface area contributed by atoms with E-state index in [-0.39, 0.29) is 5.91 Å². The van der Waals surface area contributed by atoms with Crippen LogP contribution in [0.4, 0.5) is 5.69 Å². The molecule has 0 bridgehead atoms. The zero-order chi connectivity index (χ0) is 16.8. The summed E-state index contributed by atoms with van der Waals surface area (Å²) in [5, 5.41) is 3.01. The third-order valence-corrected chi connectivity index (χ3v) is 4.68. The molecule has 0 atom stereocenters. The fourth-order valence-electron chi connectivity index (χ4n) is 3.28. The minimum atomic E-state index is 0.0690. The summed E-state index contributed by atoms with van der Waals surface area (Å²) in [5.41, 5.74) is 3.31. The number of carbonyl (C=O) groups is 1. The van der Waals surface area contributed by atoms with Crippen LogP contribution in [0.1, 0.15) is 36.9 Å². The molecule has 4 nitrogen and oxygen atoms in total. The molecule has 0 unspecified atom stereocenters. The van der Waals surface area contributed by atoms with Crippen LogP contribution >= 0.6 is 0 Å². The second kappa shape index (κ2) is 8.06. The predicted octanol–water partition coefficient (Wildman–Crippen LogP) is 3.46. The summed E-state index contributed by atoms with van der Waals surface area (Å²) in [5.74, 6) is 0.589. The first-order valence-electron chi connectivity index (χ1n) is 8.76. The Morgan fingerprint density at radius 3 is 2.75 bits per heavy atom. The SMILES string of the molecule is CCc1cccc(NC(=O)CN2CCC(c3ccccn3)CC2)c1. The number of piperidine rings is 1. The molecule has 1 aliphatic heterocycles. The number of hydrogen-bond acceptors (Lipinski definition) is 3. The van der Waals surface area contributed by atoms with Gasteiger partial charge in [0.25, 0.3) is 0 Å². The van der Waals surface area contributed by atoms with Crippen LogP contribution in [-0.4, -0.2) is 35.4 Å². The standard InChI is InChI=1S/C20H25N3O/c1-2-16-6-5-7-18(14-16)22-20(24)15-23-12-9-17(10-13-23)19-8-3-4-11-21-19/h3-8,11,14,17H,2,9-10,12-13,15H2,1H3,(H,22,24). The van der Waals surface area contributed by atoms with Crippen LogP contribution < -0.4 is 5.32 Å². The number of amides is 1. The summed E-state index contributed by atoms with van der Waals surface area (Å²) in [4.78, 5) is 19.0. The van der Waals surface area contributed by atoms with Gasteiger partial charge in [0.1, 0.15) is 0 Å². The van der Waals surface area contributed by atoms with E-state index in [4.69, 9.17) is 0 Å². The monoisotopic (exact) mass is 323 g/mol. The highest BCUT2D eigenvalue weighted by atomic mass is 16.2. The third-order valence-electron chi connectivity index (χ3n) is 4.68. The zero-order valence-corrected chi connectivity index (χ0v) is 14.2. The minimum absolute atomic E-state index is 0.0690. The Hall–Kier alpha value is -2.20. The Kier molecular flexibility index (Phi) is 5.59. The molecule has 0 radical (unpaired) electrons. The first-order valence-corrected chi connectivity index (χ1v) is 8.76. The Balaban J connectivity index is 1.48. The average Bonchev–Trinajstić information content (AvgIpc) is 2.63. The number of anilines is 1. The van der Waals surface area contributed by atoms with E-state index in [1.165, 1.54) is 11.3 Å². The predicted molar refractivity (Wildman–Crippen MR) is 97.1 cm³/mol. The van der Waals surface area contributed by atoms with Crippen LogP contribution in [0.15, 0.2) is 48.7 Å². The van der Waals surface area contributed by atoms with Gasteiger partial charge in [-0.2, -0.15) is 0 Å². The fraction of sp³-hybridized carbons (Fsp3) is 0.400. The van der Waals surface area contributed by atoms with E-state index in [0.29, 0.717) is 12.5 Å². The van der Waals surface area contributed by atoms with Crippen molar-refractivity contribution in [2.45, 2.75) is 32.1 Å². The number of rotatable bonds is 5. The second-order valence-corrected chi connectivity index (χ2v) is 6.41. The molecule has 1 saturated heterocycles. The van der Waals surface area contributed by atoms with Gasteiger partial charge in [-0.25, -0.2) is 0 Å². The van der Waals surface area contributed by atoms with E-state index < -0.39 is 0 Å². The molecule has 0 spiro atoms. The lowest BCUT2D eigenvalue weighted by Crippen LogP contribution is -2.38. The maximum absolute atomic E-state index is 12.3. The number of carbonyl (C=O) groups excluding carboxylic acids is 1. The number of hydrogen-bond donors (Lipinski definition) is 1. The van der Waals surface area contributed by atoms with Crippen molar-refractivity contribution in [2.24, 2.45) is 0 Å². The van der Waals surface area contributed by atoms with Gasteiger partial charge in [-0.1, -0.05) is 25.1 Å². The van der Waals surface area contributed by atoms with Crippen molar-refractivity contribution in [1.29, 1.82) is 0 Å². The lowest BCUT2D eigenvalue weighted by molar-refractivity contribution is -0.117. The number of nitrogens with one attached hydrogen (secondary N) is 1. The smallest absolute Gasteiger partial charge is 0.238 e. The first-order chi connectivity index (χ1) is 11.7. The van der Waals surface area contributed by atoms with E-state index in [1.807, 2.05) is 36.5 Å². The molecule has 1 amide bonds. The van der Waals surface area contributed by atoms with Gasteiger partial charge < -0.3 is 5.32 Å². The normalized spacial score (nSPS) is 16.0. The summed E-state index contributed by atoms with van der Waals surface area (Å²) in [6, 6.07) is 14.2. The molecule has 4 heteroatoms. The van der Waals surface area contributed by atoms with E-state index >= 15 is 0 Å². The zero-order valence-electron chi connectivity index (χ0n) is 14.2. The van der Waals surface area contributed by atoms with E-state index in [2.05, 4.69) is 34.3 Å². The maximum atomic E-state index is 12.3. The molecule has 2 aromatic rings. The number of benzene rings is 1.